The van der Waals surface area contributed by atoms with Gasteiger partial charge in [0.1, 0.15) is 38.2 Å². The lowest BCUT2D eigenvalue weighted by Gasteiger charge is -1.95. The molecular formula is C13H24IN9O. The summed E-state index contributed by atoms with van der Waals surface area (Å²) in [5.74, 6) is 0.234. The highest BCUT2D eigenvalue weighted by atomic mass is 127. The van der Waals surface area contributed by atoms with Gasteiger partial charge in [0.25, 0.3) is 0 Å². The molecule has 0 aliphatic rings. The van der Waals surface area contributed by atoms with Crippen LogP contribution >= 0.6 is 22.6 Å². The molecule has 0 radical (unpaired) electrons. The Kier molecular flexibility index (Phi) is 10.4. The molecule has 11 heteroatoms. The molecule has 134 valence electrons. The Labute approximate surface area is 160 Å². The third-order valence-electron chi connectivity index (χ3n) is 1.95. The first kappa shape index (κ1) is 15.6. The van der Waals surface area contributed by atoms with Crippen molar-refractivity contribution in [2.45, 2.75) is 40.4 Å². The van der Waals surface area contributed by atoms with Gasteiger partial charge in [0.2, 0.25) is 0 Å². The van der Waals surface area contributed by atoms with Gasteiger partial charge in [0, 0.05) is 13.0 Å². The molecule has 0 saturated heterocycles. The van der Waals surface area contributed by atoms with E-state index in [1.54, 1.807) is 0 Å². The number of hydrogen-bond acceptors (Lipinski definition) is 7. The van der Waals surface area contributed by atoms with E-state index in [1.165, 1.54) is 49.9 Å². The summed E-state index contributed by atoms with van der Waals surface area (Å²) < 4.78 is 32.2. The number of rotatable bonds is 3. The average molecular weight is 453 g/mol. The minimum absolute atomic E-state index is 0.234. The van der Waals surface area contributed by atoms with Crippen LogP contribution in [0.3, 0.4) is 0 Å². The number of halogens is 1. The Morgan fingerprint density at radius 2 is 1.92 bits per heavy atom. The van der Waals surface area contributed by atoms with Crippen molar-refractivity contribution in [3.8, 4) is 0 Å². The molecule has 3 rings (SSSR count). The molecule has 0 spiro atoms. The van der Waals surface area contributed by atoms with Crippen LogP contribution in [0.1, 0.15) is 32.1 Å². The molecule has 3 aromatic heterocycles. The van der Waals surface area contributed by atoms with E-state index in [0.717, 1.165) is 9.36 Å². The fraction of sp³-hybridized carbons (Fsp3) is 0.538. The van der Waals surface area contributed by atoms with Gasteiger partial charge in [-0.15, -0.1) is 0 Å². The molecule has 0 bridgehead atoms. The van der Waals surface area contributed by atoms with Crippen molar-refractivity contribution in [1.82, 2.24) is 44.7 Å². The maximum absolute atomic E-state index is 8.68. The van der Waals surface area contributed by atoms with Crippen LogP contribution in [0, 0.1) is 0 Å². The lowest BCUT2D eigenvalue weighted by molar-refractivity contribution is 0.263. The molecule has 0 aliphatic heterocycles. The highest BCUT2D eigenvalue weighted by Crippen LogP contribution is 1.90. The third kappa shape index (κ3) is 10.8. The van der Waals surface area contributed by atoms with Crippen LogP contribution in [0.25, 0.3) is 0 Å². The van der Waals surface area contributed by atoms with E-state index in [4.69, 9.17) is 10.6 Å². The van der Waals surface area contributed by atoms with Crippen molar-refractivity contribution in [2.24, 2.45) is 0 Å². The third-order valence-corrected chi connectivity index (χ3v) is 1.95. The first-order valence-corrected chi connectivity index (χ1v) is 8.30. The molecule has 0 unspecified atom stereocenters. The fourth-order valence-corrected chi connectivity index (χ4v) is 1.05. The van der Waals surface area contributed by atoms with Gasteiger partial charge in [-0.3, -0.25) is 9.78 Å². The van der Waals surface area contributed by atoms with E-state index in [9.17, 15) is 0 Å². The van der Waals surface area contributed by atoms with Crippen molar-refractivity contribution in [3.63, 3.8) is 0 Å². The zero-order chi connectivity index (χ0) is 21.6. The van der Waals surface area contributed by atoms with Crippen molar-refractivity contribution >= 4 is 22.6 Å². The second kappa shape index (κ2) is 16.0. The Hall–Kier alpha value is -1.89. The number of aliphatic hydroxyl groups is 1. The molecule has 2 N–H and O–H groups in total. The van der Waals surface area contributed by atoms with E-state index < -0.39 is 13.0 Å². The van der Waals surface area contributed by atoms with Crippen molar-refractivity contribution < 1.29 is 10.6 Å². The maximum atomic E-state index is 8.68. The molecule has 3 aromatic rings. The largest absolute Gasteiger partial charge is 0.388 e. The van der Waals surface area contributed by atoms with Gasteiger partial charge in [0.15, 0.2) is 5.82 Å². The van der Waals surface area contributed by atoms with Crippen molar-refractivity contribution in [1.29, 1.82) is 0 Å². The number of H-pyrrole nitrogens is 1. The summed E-state index contributed by atoms with van der Waals surface area (Å²) in [6.45, 7) is 1.54. The standard InChI is InChI=1S/C5H9N3O.C4H7N3.C2H5I.C2H3N3/c1-2-8-5(3-9)6-4-7-8;1-2-7-4-5-3-6-7;1-2-3;1-3-2-5-4-1/h4,9H,2-3H2,1H3;3-4H,2H2,1H3;2H2,1H3;1-2H,(H,3,4,5)/i2*2D2;;. The Bertz CT molecular complexity index is 694. The maximum Gasteiger partial charge on any atom is 0.152 e. The minimum Gasteiger partial charge on any atom is -0.388 e. The zero-order valence-corrected chi connectivity index (χ0v) is 15.9. The molecule has 0 fully saturated rings. The predicted octanol–water partition coefficient (Wildman–Crippen LogP) is 1.33. The van der Waals surface area contributed by atoms with Crippen LogP contribution in [0.15, 0.2) is 31.6 Å². The van der Waals surface area contributed by atoms with Crippen LogP contribution in [0.2, 0.25) is 0 Å². The summed E-state index contributed by atoms with van der Waals surface area (Å²) in [4.78, 5) is 10.8. The number of nitrogens with one attached hydrogen (secondary N) is 1. The molecule has 0 saturated carbocycles. The normalized spacial score (nSPS) is 12.5. The number of aliphatic hydroxyl groups excluding tert-OH is 1. The van der Waals surface area contributed by atoms with Gasteiger partial charge in [-0.2, -0.15) is 15.3 Å². The van der Waals surface area contributed by atoms with Crippen molar-refractivity contribution in [3.05, 3.63) is 37.5 Å². The number of nitrogens with zero attached hydrogens (tertiary/aromatic N) is 8. The van der Waals surface area contributed by atoms with Gasteiger partial charge < -0.3 is 5.11 Å². The van der Waals surface area contributed by atoms with Crippen LogP contribution in [-0.2, 0) is 19.6 Å². The SMILES string of the molecule is CCI.[2H]C([2H])(C)n1cncn1.[2H]C([2H])(C)n1ncnc1CO.c1nc[nH]n1. The average Bonchev–Trinajstić information content (AvgIpc) is 3.38. The Balaban J connectivity index is 0.000000383. The zero-order valence-electron chi connectivity index (χ0n) is 17.7. The smallest absolute Gasteiger partial charge is 0.152 e. The van der Waals surface area contributed by atoms with Crippen LogP contribution in [0.4, 0.5) is 0 Å². The minimum atomic E-state index is -1.60. The number of aromatic nitrogens is 9. The molecule has 3 heterocycles. The topological polar surface area (TPSA) is 123 Å². The van der Waals surface area contributed by atoms with E-state index in [1.807, 2.05) is 0 Å². The second-order valence-electron chi connectivity index (χ2n) is 3.45. The molecule has 24 heavy (non-hydrogen) atoms. The van der Waals surface area contributed by atoms with E-state index in [0.29, 0.717) is 0 Å². The second-order valence-corrected chi connectivity index (χ2v) is 4.98. The summed E-state index contributed by atoms with van der Waals surface area (Å²) in [6.07, 6.45) is 6.83. The van der Waals surface area contributed by atoms with E-state index in [-0.39, 0.29) is 12.4 Å². The summed E-state index contributed by atoms with van der Waals surface area (Å²) in [6, 6.07) is 0. The molecule has 0 atom stereocenters. The number of aromatic amines is 1. The molecule has 0 amide bonds. The number of hydrogen-bond donors (Lipinski definition) is 2. The highest BCUT2D eigenvalue weighted by Gasteiger charge is 1.97. The summed E-state index contributed by atoms with van der Waals surface area (Å²) in [5.41, 5.74) is 0. The fourth-order valence-electron chi connectivity index (χ4n) is 1.05. The van der Waals surface area contributed by atoms with Crippen LogP contribution in [-0.4, -0.2) is 54.2 Å². The monoisotopic (exact) mass is 453 g/mol. The lowest BCUT2D eigenvalue weighted by Crippen LogP contribution is -2.02. The summed E-state index contributed by atoms with van der Waals surface area (Å²) in [7, 11) is 0. The molecule has 10 nitrogen and oxygen atoms in total. The first-order valence-electron chi connectivity index (χ1n) is 8.77. The Morgan fingerprint density at radius 1 is 1.17 bits per heavy atom. The van der Waals surface area contributed by atoms with Gasteiger partial charge in [-0.25, -0.2) is 19.6 Å². The van der Waals surface area contributed by atoms with Gasteiger partial charge in [-0.1, -0.05) is 29.5 Å². The summed E-state index contributed by atoms with van der Waals surface area (Å²) >= 11 is 2.29. The van der Waals surface area contributed by atoms with Gasteiger partial charge in [0.05, 0.1) is 5.48 Å². The highest BCUT2D eigenvalue weighted by molar-refractivity contribution is 14.1. The number of alkyl halides is 1. The molecule has 0 aromatic carbocycles. The van der Waals surface area contributed by atoms with Gasteiger partial charge in [-0.05, 0) is 18.3 Å². The lowest BCUT2D eigenvalue weighted by atomic mass is 10.6. The summed E-state index contributed by atoms with van der Waals surface area (Å²) in [5, 5.41) is 21.9. The number of aryl methyl sites for hydroxylation is 2. The predicted molar refractivity (Wildman–Crippen MR) is 98.3 cm³/mol. The van der Waals surface area contributed by atoms with Crippen molar-refractivity contribution in [2.75, 3.05) is 4.43 Å². The van der Waals surface area contributed by atoms with Crippen LogP contribution in [0.5, 0.6) is 0 Å². The quantitative estimate of drug-likeness (QED) is 0.453. The van der Waals surface area contributed by atoms with E-state index in [2.05, 4.69) is 64.9 Å². The van der Waals surface area contributed by atoms with E-state index >= 15 is 0 Å². The van der Waals surface area contributed by atoms with Gasteiger partial charge >= 0.3 is 0 Å². The first-order chi connectivity index (χ1) is 13.1. The Morgan fingerprint density at radius 3 is 2.21 bits per heavy atom. The molecular weight excluding hydrogens is 425 g/mol. The van der Waals surface area contributed by atoms with Crippen LogP contribution < -0.4 is 0 Å². The molecule has 0 aliphatic carbocycles.